The highest BCUT2D eigenvalue weighted by molar-refractivity contribution is 5.96. The average molecular weight is 302 g/mol. The van der Waals surface area contributed by atoms with Gasteiger partial charge in [-0.3, -0.25) is 10.2 Å². The molecule has 0 saturated carbocycles. The molecule has 1 aromatic heterocycles. The summed E-state index contributed by atoms with van der Waals surface area (Å²) in [6, 6.07) is 5.00. The quantitative estimate of drug-likeness (QED) is 0.717. The molecule has 0 aliphatic heterocycles. The number of phenolic OH excluding ortho intramolecular Hbond substituents is 1. The summed E-state index contributed by atoms with van der Waals surface area (Å²) < 4.78 is 5.34. The van der Waals surface area contributed by atoms with Crippen LogP contribution in [0.3, 0.4) is 0 Å². The molecule has 1 heterocycles. The van der Waals surface area contributed by atoms with Gasteiger partial charge in [0, 0.05) is 18.5 Å². The number of amides is 1. The summed E-state index contributed by atoms with van der Waals surface area (Å²) in [5.74, 6) is -0.173. The van der Waals surface area contributed by atoms with Crippen molar-refractivity contribution >= 4 is 16.9 Å². The van der Waals surface area contributed by atoms with Crippen LogP contribution in [0.15, 0.2) is 22.6 Å². The van der Waals surface area contributed by atoms with E-state index in [1.807, 2.05) is 6.07 Å². The first kappa shape index (κ1) is 16.1. The average Bonchev–Trinajstić information content (AvgIpc) is 2.51. The smallest absolute Gasteiger partial charge is 0.256 e. The van der Waals surface area contributed by atoms with Gasteiger partial charge >= 0.3 is 0 Å². The van der Waals surface area contributed by atoms with Gasteiger partial charge in [-0.05, 0) is 30.5 Å². The Balaban J connectivity index is 2.36. The number of unbranched alkanes of at least 4 members (excludes halogenated alkanes) is 3. The van der Waals surface area contributed by atoms with Crippen molar-refractivity contribution in [2.24, 2.45) is 0 Å². The molecule has 0 aliphatic carbocycles. The van der Waals surface area contributed by atoms with Crippen molar-refractivity contribution in [2.75, 3.05) is 7.05 Å². The highest BCUT2D eigenvalue weighted by Gasteiger charge is 2.12. The predicted molar refractivity (Wildman–Crippen MR) is 85.0 cm³/mol. The standard InChI is InChI=1S/C17H22N2O3/c1-3-4-5-6-7-11-8-12-9-13(17(21)19-2)16(18)22-15(12)10-14(11)20/h8-10,18,20H,3-7H2,1-2H3,(H,19,21). The van der Waals surface area contributed by atoms with Crippen molar-refractivity contribution in [3.63, 3.8) is 0 Å². The first-order valence-corrected chi connectivity index (χ1v) is 7.63. The minimum Gasteiger partial charge on any atom is -0.508 e. The van der Waals surface area contributed by atoms with Gasteiger partial charge < -0.3 is 14.8 Å². The zero-order chi connectivity index (χ0) is 16.1. The lowest BCUT2D eigenvalue weighted by Crippen LogP contribution is -2.24. The monoisotopic (exact) mass is 302 g/mol. The molecule has 22 heavy (non-hydrogen) atoms. The summed E-state index contributed by atoms with van der Waals surface area (Å²) in [4.78, 5) is 11.7. The molecule has 0 unspecified atom stereocenters. The molecule has 0 atom stereocenters. The molecule has 1 amide bonds. The minimum absolute atomic E-state index is 0.180. The van der Waals surface area contributed by atoms with Gasteiger partial charge in [-0.1, -0.05) is 26.2 Å². The molecule has 0 spiro atoms. The second-order valence-corrected chi connectivity index (χ2v) is 5.40. The number of aromatic hydroxyl groups is 1. The van der Waals surface area contributed by atoms with Gasteiger partial charge in [0.1, 0.15) is 16.9 Å². The number of nitrogens with one attached hydrogen (secondary N) is 2. The Bertz CT molecular complexity index is 734. The first-order valence-electron chi connectivity index (χ1n) is 7.63. The fraction of sp³-hybridized carbons (Fsp3) is 0.412. The summed E-state index contributed by atoms with van der Waals surface area (Å²) in [5, 5.41) is 21.1. The van der Waals surface area contributed by atoms with Crippen LogP contribution in [0.2, 0.25) is 0 Å². The maximum Gasteiger partial charge on any atom is 0.256 e. The molecule has 118 valence electrons. The maximum atomic E-state index is 11.7. The van der Waals surface area contributed by atoms with Crippen LogP contribution in [0.5, 0.6) is 5.75 Å². The summed E-state index contributed by atoms with van der Waals surface area (Å²) >= 11 is 0. The van der Waals surface area contributed by atoms with E-state index >= 15 is 0 Å². The van der Waals surface area contributed by atoms with E-state index in [2.05, 4.69) is 12.2 Å². The number of carbonyl (C=O) groups is 1. The lowest BCUT2D eigenvalue weighted by atomic mass is 10.0. The molecule has 0 saturated heterocycles. The van der Waals surface area contributed by atoms with Crippen molar-refractivity contribution in [3.05, 3.63) is 34.9 Å². The van der Waals surface area contributed by atoms with Gasteiger partial charge in [-0.15, -0.1) is 0 Å². The van der Waals surface area contributed by atoms with E-state index in [0.717, 1.165) is 30.2 Å². The number of hydrogen-bond donors (Lipinski definition) is 3. The number of phenols is 1. The van der Waals surface area contributed by atoms with Gasteiger partial charge in [-0.2, -0.15) is 0 Å². The Morgan fingerprint density at radius 1 is 1.27 bits per heavy atom. The Morgan fingerprint density at radius 3 is 2.73 bits per heavy atom. The highest BCUT2D eigenvalue weighted by atomic mass is 16.3. The van der Waals surface area contributed by atoms with E-state index in [1.54, 1.807) is 6.07 Å². The fourth-order valence-electron chi connectivity index (χ4n) is 2.47. The van der Waals surface area contributed by atoms with Crippen LogP contribution in [0.25, 0.3) is 11.0 Å². The number of fused-ring (bicyclic) bond motifs is 1. The summed E-state index contributed by atoms with van der Waals surface area (Å²) in [6.07, 6.45) is 5.30. The van der Waals surface area contributed by atoms with Crippen molar-refractivity contribution in [1.29, 1.82) is 5.41 Å². The third kappa shape index (κ3) is 3.47. The van der Waals surface area contributed by atoms with Crippen LogP contribution in [-0.2, 0) is 6.42 Å². The van der Waals surface area contributed by atoms with E-state index in [4.69, 9.17) is 9.83 Å². The van der Waals surface area contributed by atoms with Gasteiger partial charge in [0.25, 0.3) is 5.91 Å². The molecule has 2 aromatic rings. The molecule has 5 heteroatoms. The van der Waals surface area contributed by atoms with E-state index in [1.165, 1.54) is 26.0 Å². The van der Waals surface area contributed by atoms with Crippen LogP contribution in [0.1, 0.15) is 48.5 Å². The fourth-order valence-corrected chi connectivity index (χ4v) is 2.47. The molecule has 5 nitrogen and oxygen atoms in total. The van der Waals surface area contributed by atoms with E-state index < -0.39 is 0 Å². The summed E-state index contributed by atoms with van der Waals surface area (Å²) in [6.45, 7) is 2.16. The van der Waals surface area contributed by atoms with Crippen molar-refractivity contribution in [2.45, 2.75) is 39.0 Å². The predicted octanol–water partition coefficient (Wildman–Crippen LogP) is 3.10. The molecule has 0 fully saturated rings. The SMILES string of the molecule is CCCCCCc1cc2cc(C(=O)NC)c(=N)oc2cc1O. The van der Waals surface area contributed by atoms with Crippen LogP contribution in [-0.4, -0.2) is 18.1 Å². The van der Waals surface area contributed by atoms with Crippen molar-refractivity contribution in [3.8, 4) is 5.75 Å². The third-order valence-electron chi connectivity index (χ3n) is 3.74. The van der Waals surface area contributed by atoms with E-state index in [9.17, 15) is 9.90 Å². The lowest BCUT2D eigenvalue weighted by molar-refractivity contribution is 0.0959. The normalized spacial score (nSPS) is 10.8. The van der Waals surface area contributed by atoms with Crippen molar-refractivity contribution < 1.29 is 14.3 Å². The van der Waals surface area contributed by atoms with E-state index in [0.29, 0.717) is 5.58 Å². The number of carbonyl (C=O) groups excluding carboxylic acids is 1. The first-order chi connectivity index (χ1) is 10.6. The topological polar surface area (TPSA) is 86.3 Å². The molecule has 0 aliphatic rings. The van der Waals surface area contributed by atoms with Gasteiger partial charge in [0.15, 0.2) is 0 Å². The van der Waals surface area contributed by atoms with Crippen LogP contribution >= 0.6 is 0 Å². The number of aryl methyl sites for hydroxylation is 1. The molecule has 0 radical (unpaired) electrons. The van der Waals surface area contributed by atoms with Gasteiger partial charge in [0.05, 0.1) is 0 Å². The number of hydrogen-bond acceptors (Lipinski definition) is 4. The second kappa shape index (κ2) is 7.11. The highest BCUT2D eigenvalue weighted by Crippen LogP contribution is 2.26. The Labute approximate surface area is 129 Å². The van der Waals surface area contributed by atoms with Crippen LogP contribution in [0, 0.1) is 5.41 Å². The maximum absolute atomic E-state index is 11.7. The van der Waals surface area contributed by atoms with Crippen LogP contribution in [0.4, 0.5) is 0 Å². The molecule has 1 aromatic carbocycles. The van der Waals surface area contributed by atoms with Gasteiger partial charge in [-0.25, -0.2) is 0 Å². The Kier molecular flexibility index (Phi) is 5.20. The van der Waals surface area contributed by atoms with Gasteiger partial charge in [0.2, 0.25) is 5.55 Å². The molecule has 2 rings (SSSR count). The van der Waals surface area contributed by atoms with Crippen molar-refractivity contribution in [1.82, 2.24) is 5.32 Å². The second-order valence-electron chi connectivity index (χ2n) is 5.40. The molecular weight excluding hydrogens is 280 g/mol. The lowest BCUT2D eigenvalue weighted by Gasteiger charge is -2.08. The largest absolute Gasteiger partial charge is 0.508 e. The van der Waals surface area contributed by atoms with Crippen LogP contribution < -0.4 is 10.9 Å². The van der Waals surface area contributed by atoms with E-state index in [-0.39, 0.29) is 22.8 Å². The third-order valence-corrected chi connectivity index (χ3v) is 3.74. The summed E-state index contributed by atoms with van der Waals surface area (Å²) in [5.41, 5.74) is 1.24. The zero-order valence-corrected chi connectivity index (χ0v) is 13.0. The molecule has 0 bridgehead atoms. The Hall–Kier alpha value is -2.30. The minimum atomic E-state index is -0.353. The number of benzene rings is 1. The number of rotatable bonds is 6. The Morgan fingerprint density at radius 2 is 2.05 bits per heavy atom. The zero-order valence-electron chi connectivity index (χ0n) is 13.0. The summed E-state index contributed by atoms with van der Waals surface area (Å²) in [7, 11) is 1.52. The molecule has 3 N–H and O–H groups in total. The molecular formula is C17H22N2O3.